The van der Waals surface area contributed by atoms with Crippen molar-refractivity contribution in [1.29, 1.82) is 0 Å². The summed E-state index contributed by atoms with van der Waals surface area (Å²) in [4.78, 5) is 23.1. The van der Waals surface area contributed by atoms with Gasteiger partial charge in [0.05, 0.1) is 0 Å². The van der Waals surface area contributed by atoms with E-state index < -0.39 is 29.9 Å². The second-order valence-electron chi connectivity index (χ2n) is 12.9. The van der Waals surface area contributed by atoms with Crippen LogP contribution in [0.3, 0.4) is 0 Å². The first kappa shape index (κ1) is 32.6. The zero-order valence-corrected chi connectivity index (χ0v) is 24.2. The van der Waals surface area contributed by atoms with Gasteiger partial charge in [-0.3, -0.25) is 9.59 Å². The summed E-state index contributed by atoms with van der Waals surface area (Å²) in [6, 6.07) is 0. The molecule has 4 saturated carbocycles. The minimum Gasteiger partial charge on any atom is -0.462 e. The van der Waals surface area contributed by atoms with Crippen molar-refractivity contribution in [1.82, 2.24) is 0 Å². The molecule has 0 saturated heterocycles. The predicted octanol–water partition coefficient (Wildman–Crippen LogP) is 7.69. The second kappa shape index (κ2) is 11.7. The van der Waals surface area contributed by atoms with E-state index in [4.69, 9.17) is 9.47 Å². The molecular formula is C31H40F6O5. The Kier molecular flexibility index (Phi) is 9.05. The topological polar surface area (TPSA) is 72.8 Å². The molecule has 0 heterocycles. The predicted molar refractivity (Wildman–Crippen MR) is 142 cm³/mol. The molecule has 3 unspecified atom stereocenters. The molecule has 0 aromatic rings. The minimum absolute atomic E-state index is 0.0621. The number of carbonyl (C=O) groups excluding carboxylic acids is 2. The van der Waals surface area contributed by atoms with Crippen molar-refractivity contribution in [3.05, 3.63) is 35.5 Å². The lowest BCUT2D eigenvalue weighted by molar-refractivity contribution is -0.347. The molecule has 5 atom stereocenters. The van der Waals surface area contributed by atoms with Crippen LogP contribution in [-0.4, -0.2) is 47.2 Å². The van der Waals surface area contributed by atoms with Crippen molar-refractivity contribution in [2.75, 3.05) is 0 Å². The number of halogens is 6. The summed E-state index contributed by atoms with van der Waals surface area (Å²) in [5, 5.41) is 9.53. The van der Waals surface area contributed by atoms with Crippen molar-refractivity contribution in [2.45, 2.75) is 122 Å². The van der Waals surface area contributed by atoms with Gasteiger partial charge in [0, 0.05) is 33.1 Å². The highest BCUT2D eigenvalue weighted by Crippen LogP contribution is 2.70. The van der Waals surface area contributed by atoms with E-state index in [1.54, 1.807) is 0 Å². The van der Waals surface area contributed by atoms with Gasteiger partial charge in [-0.2, -0.15) is 26.3 Å². The van der Waals surface area contributed by atoms with Gasteiger partial charge in [-0.05, 0) is 80.1 Å². The molecule has 0 aromatic carbocycles. The number of ether oxygens (including phenoxy) is 2. The SMILES string of the molecule is CC(=O)OC1C/C(=C/C=C2\CCC[C@@]3(C)C2CCC3C2(C/C=C\C(O)(C(F)(F)F)C(F)(F)F)CC2)C[C@@H](OC(C)=O)C1. The third-order valence-corrected chi connectivity index (χ3v) is 10.0. The maximum Gasteiger partial charge on any atom is 0.429 e. The van der Waals surface area contributed by atoms with Crippen molar-refractivity contribution >= 4 is 11.9 Å². The minimum atomic E-state index is -5.87. The smallest absolute Gasteiger partial charge is 0.429 e. The molecule has 4 aliphatic rings. The molecule has 42 heavy (non-hydrogen) atoms. The number of hydrogen-bond donors (Lipinski definition) is 1. The van der Waals surface area contributed by atoms with Gasteiger partial charge in [0.15, 0.2) is 0 Å². The van der Waals surface area contributed by atoms with Crippen molar-refractivity contribution in [2.24, 2.45) is 22.7 Å². The third kappa shape index (κ3) is 6.60. The van der Waals surface area contributed by atoms with Gasteiger partial charge in [0.2, 0.25) is 0 Å². The largest absolute Gasteiger partial charge is 0.462 e. The molecule has 1 N–H and O–H groups in total. The van der Waals surface area contributed by atoms with Gasteiger partial charge in [-0.1, -0.05) is 36.3 Å². The van der Waals surface area contributed by atoms with E-state index in [1.165, 1.54) is 19.4 Å². The average molecular weight is 607 g/mol. The summed E-state index contributed by atoms with van der Waals surface area (Å²) >= 11 is 0. The van der Waals surface area contributed by atoms with E-state index in [9.17, 15) is 41.0 Å². The Hall–Kier alpha value is -2.30. The standard InChI is InChI=1S/C31H40F6O5/c1-19(38)41-23-16-21(17-24(18-23)42-20(2)39)7-8-22-6-4-11-27(3)25(22)9-10-26(27)28(14-15-28)12-5-13-29(40,30(32,33)34)31(35,36)37/h5,7-8,13,23-26,40H,4,6,9-12,14-18H2,1-3H3/b13-5-,21-7-,22-8+/t23?,24-,25?,26?,27+/m1/s1. The van der Waals surface area contributed by atoms with Crippen LogP contribution in [0.4, 0.5) is 26.3 Å². The summed E-state index contributed by atoms with van der Waals surface area (Å²) in [6.45, 7) is 4.89. The number of alkyl halides is 6. The van der Waals surface area contributed by atoms with E-state index in [1.807, 2.05) is 6.08 Å². The van der Waals surface area contributed by atoms with Crippen LogP contribution in [0.15, 0.2) is 35.5 Å². The lowest BCUT2D eigenvalue weighted by Gasteiger charge is -2.45. The van der Waals surface area contributed by atoms with Crippen molar-refractivity contribution < 1.29 is 50.5 Å². The molecule has 0 aliphatic heterocycles. The Morgan fingerprint density at radius 1 is 0.929 bits per heavy atom. The van der Waals surface area contributed by atoms with Crippen LogP contribution in [0, 0.1) is 22.7 Å². The first-order valence-corrected chi connectivity index (χ1v) is 14.7. The molecule has 4 fully saturated rings. The molecule has 0 spiro atoms. The van der Waals surface area contributed by atoms with Crippen LogP contribution < -0.4 is 0 Å². The monoisotopic (exact) mass is 606 g/mol. The Labute approximate surface area is 242 Å². The van der Waals surface area contributed by atoms with Gasteiger partial charge in [0.25, 0.3) is 5.60 Å². The zero-order valence-electron chi connectivity index (χ0n) is 24.2. The number of aliphatic hydroxyl groups is 1. The molecule has 4 aliphatic carbocycles. The van der Waals surface area contributed by atoms with Crippen LogP contribution in [0.5, 0.6) is 0 Å². The molecule has 0 radical (unpaired) electrons. The number of rotatable bonds is 7. The van der Waals surface area contributed by atoms with E-state index in [0.717, 1.165) is 56.6 Å². The lowest BCUT2D eigenvalue weighted by Crippen LogP contribution is -2.55. The fourth-order valence-electron chi connectivity index (χ4n) is 8.05. The molecular weight excluding hydrogens is 566 g/mol. The molecule has 0 amide bonds. The Morgan fingerprint density at radius 3 is 2.00 bits per heavy atom. The molecule has 4 rings (SSSR count). The maximum atomic E-state index is 13.1. The van der Waals surface area contributed by atoms with Gasteiger partial charge in [-0.15, -0.1) is 0 Å². The Morgan fingerprint density at radius 2 is 1.50 bits per heavy atom. The van der Waals surface area contributed by atoms with E-state index in [2.05, 4.69) is 13.0 Å². The number of allylic oxidation sites excluding steroid dienone is 4. The van der Waals surface area contributed by atoms with Gasteiger partial charge in [0.1, 0.15) is 12.2 Å². The number of hydrogen-bond acceptors (Lipinski definition) is 5. The van der Waals surface area contributed by atoms with E-state index in [-0.39, 0.29) is 47.4 Å². The normalized spacial score (nSPS) is 33.6. The van der Waals surface area contributed by atoms with Crippen LogP contribution in [0.25, 0.3) is 0 Å². The summed E-state index contributed by atoms with van der Waals surface area (Å²) in [5.74, 6) is -0.399. The average Bonchev–Trinajstić information content (AvgIpc) is 3.52. The fourth-order valence-corrected chi connectivity index (χ4v) is 8.05. The second-order valence-corrected chi connectivity index (χ2v) is 12.9. The van der Waals surface area contributed by atoms with Crippen LogP contribution in [0.1, 0.15) is 91.4 Å². The Bertz CT molecular complexity index is 1090. The lowest BCUT2D eigenvalue weighted by atomic mass is 9.59. The van der Waals surface area contributed by atoms with Crippen LogP contribution in [0.2, 0.25) is 0 Å². The van der Waals surface area contributed by atoms with Crippen molar-refractivity contribution in [3.8, 4) is 0 Å². The summed E-state index contributed by atoms with van der Waals surface area (Å²) in [5.41, 5.74) is -3.08. The molecule has 5 nitrogen and oxygen atoms in total. The molecule has 0 bridgehead atoms. The zero-order chi connectivity index (χ0) is 31.1. The number of fused-ring (bicyclic) bond motifs is 1. The van der Waals surface area contributed by atoms with E-state index >= 15 is 0 Å². The van der Waals surface area contributed by atoms with Gasteiger partial charge < -0.3 is 14.6 Å². The fraction of sp³-hybridized carbons (Fsp3) is 0.742. The summed E-state index contributed by atoms with van der Waals surface area (Å²) in [7, 11) is 0. The quantitative estimate of drug-likeness (QED) is 0.183. The molecule has 11 heteroatoms. The highest BCUT2D eigenvalue weighted by atomic mass is 19.4. The molecule has 0 aromatic heterocycles. The highest BCUT2D eigenvalue weighted by molar-refractivity contribution is 5.67. The van der Waals surface area contributed by atoms with Crippen LogP contribution in [-0.2, 0) is 19.1 Å². The van der Waals surface area contributed by atoms with Crippen molar-refractivity contribution in [3.63, 3.8) is 0 Å². The first-order chi connectivity index (χ1) is 19.4. The van der Waals surface area contributed by atoms with Gasteiger partial charge in [-0.25, -0.2) is 0 Å². The van der Waals surface area contributed by atoms with E-state index in [0.29, 0.717) is 19.3 Å². The number of esters is 2. The maximum absolute atomic E-state index is 13.1. The third-order valence-electron chi connectivity index (χ3n) is 10.0. The summed E-state index contributed by atoms with van der Waals surface area (Å²) in [6.07, 6.45) is -0.0200. The first-order valence-electron chi connectivity index (χ1n) is 14.7. The Balaban J connectivity index is 1.50. The van der Waals surface area contributed by atoms with Gasteiger partial charge >= 0.3 is 24.3 Å². The highest BCUT2D eigenvalue weighted by Gasteiger charge is 2.69. The summed E-state index contributed by atoms with van der Waals surface area (Å²) < 4.78 is 89.7. The number of carbonyl (C=O) groups is 2. The molecule has 236 valence electrons. The van der Waals surface area contributed by atoms with Crippen LogP contribution >= 0.6 is 0 Å².